The fraction of sp³-hybridized carbons (Fsp3) is 1.00. The summed E-state index contributed by atoms with van der Waals surface area (Å²) >= 11 is 0. The fourth-order valence-corrected chi connectivity index (χ4v) is 3.98. The zero-order valence-electron chi connectivity index (χ0n) is 11.7. The van der Waals surface area contributed by atoms with Crippen molar-refractivity contribution in [2.45, 2.75) is 20.3 Å². The normalized spacial score (nSPS) is 26.1. The molecule has 0 spiro atoms. The zero-order valence-corrected chi connectivity index (χ0v) is 13.4. The van der Waals surface area contributed by atoms with Gasteiger partial charge in [0.25, 0.3) is 10.2 Å². The lowest BCUT2D eigenvalue weighted by Crippen LogP contribution is -2.49. The lowest BCUT2D eigenvalue weighted by molar-refractivity contribution is 0.212. The van der Waals surface area contributed by atoms with Crippen LogP contribution in [0.1, 0.15) is 20.3 Å². The molecule has 1 fully saturated rings. The molecule has 110 valence electrons. The van der Waals surface area contributed by atoms with Crippen LogP contribution in [0.3, 0.4) is 0 Å². The van der Waals surface area contributed by atoms with Crippen molar-refractivity contribution in [1.29, 1.82) is 0 Å². The lowest BCUT2D eigenvalue weighted by Gasteiger charge is -2.36. The third-order valence-electron chi connectivity index (χ3n) is 3.23. The first-order chi connectivity index (χ1) is 7.87. The van der Waals surface area contributed by atoms with Gasteiger partial charge in [0.1, 0.15) is 0 Å². The molecule has 0 aromatic carbocycles. The van der Waals surface area contributed by atoms with Crippen LogP contribution in [0.15, 0.2) is 0 Å². The van der Waals surface area contributed by atoms with Gasteiger partial charge in [0.2, 0.25) is 0 Å². The predicted molar refractivity (Wildman–Crippen MR) is 77.2 cm³/mol. The van der Waals surface area contributed by atoms with Crippen molar-refractivity contribution in [3.8, 4) is 0 Å². The molecule has 1 N–H and O–H groups in total. The second kappa shape index (κ2) is 7.65. The van der Waals surface area contributed by atoms with Crippen LogP contribution < -0.4 is 5.32 Å². The van der Waals surface area contributed by atoms with Crippen molar-refractivity contribution in [2.24, 2.45) is 11.8 Å². The molecule has 7 heteroatoms. The van der Waals surface area contributed by atoms with E-state index in [-0.39, 0.29) is 12.4 Å². The van der Waals surface area contributed by atoms with Gasteiger partial charge in [0.15, 0.2) is 0 Å². The van der Waals surface area contributed by atoms with Crippen LogP contribution in [0, 0.1) is 11.8 Å². The Labute approximate surface area is 118 Å². The Hall–Kier alpha value is 0.120. The Balaban J connectivity index is 0.00000289. The standard InChI is InChI=1S/C11H25N3O2S.ClH/c1-10-7-11(2)9-14(8-10)17(15,16)13(4)6-5-12-3;/h10-12H,5-9H2,1-4H3;1H. The Morgan fingerprint density at radius 3 is 2.22 bits per heavy atom. The number of hydrogen-bond donors (Lipinski definition) is 1. The third kappa shape index (κ3) is 4.66. The lowest BCUT2D eigenvalue weighted by atomic mass is 9.94. The average molecular weight is 300 g/mol. The quantitative estimate of drug-likeness (QED) is 0.816. The van der Waals surface area contributed by atoms with Crippen LogP contribution in [0.2, 0.25) is 0 Å². The van der Waals surface area contributed by atoms with Crippen molar-refractivity contribution in [3.63, 3.8) is 0 Å². The van der Waals surface area contributed by atoms with Crippen molar-refractivity contribution in [2.75, 3.05) is 40.3 Å². The molecule has 2 unspecified atom stereocenters. The predicted octanol–water partition coefficient (Wildman–Crippen LogP) is 0.782. The largest absolute Gasteiger partial charge is 0.318 e. The average Bonchev–Trinajstić information content (AvgIpc) is 2.24. The van der Waals surface area contributed by atoms with E-state index in [1.54, 1.807) is 11.4 Å². The van der Waals surface area contributed by atoms with Gasteiger partial charge >= 0.3 is 0 Å². The van der Waals surface area contributed by atoms with Gasteiger partial charge in [-0.25, -0.2) is 0 Å². The van der Waals surface area contributed by atoms with Crippen molar-refractivity contribution < 1.29 is 8.42 Å². The monoisotopic (exact) mass is 299 g/mol. The maximum Gasteiger partial charge on any atom is 0.281 e. The molecule has 1 aliphatic heterocycles. The first kappa shape index (κ1) is 18.1. The molecule has 1 aliphatic rings. The molecule has 2 atom stereocenters. The molecule has 0 aromatic heterocycles. The first-order valence-electron chi connectivity index (χ1n) is 6.24. The minimum Gasteiger partial charge on any atom is -0.318 e. The molecule has 1 saturated heterocycles. The number of likely N-dealkylation sites (N-methyl/N-ethyl adjacent to an activating group) is 2. The van der Waals surface area contributed by atoms with E-state index < -0.39 is 10.2 Å². The minimum atomic E-state index is -3.27. The van der Waals surface area contributed by atoms with Crippen LogP contribution in [-0.4, -0.2) is 57.3 Å². The van der Waals surface area contributed by atoms with Crippen molar-refractivity contribution in [3.05, 3.63) is 0 Å². The number of nitrogens with one attached hydrogen (secondary N) is 1. The summed E-state index contributed by atoms with van der Waals surface area (Å²) in [5, 5.41) is 2.97. The molecule has 1 heterocycles. The van der Waals surface area contributed by atoms with Gasteiger partial charge < -0.3 is 5.32 Å². The summed E-state index contributed by atoms with van der Waals surface area (Å²) in [6.07, 6.45) is 1.12. The molecule has 18 heavy (non-hydrogen) atoms. The summed E-state index contributed by atoms with van der Waals surface area (Å²) in [7, 11) is 0.201. The van der Waals surface area contributed by atoms with Gasteiger partial charge in [-0.2, -0.15) is 17.0 Å². The molecule has 0 radical (unpaired) electrons. The molecular formula is C11H26ClN3O2S. The van der Waals surface area contributed by atoms with Gasteiger partial charge in [-0.05, 0) is 25.3 Å². The smallest absolute Gasteiger partial charge is 0.281 e. The van der Waals surface area contributed by atoms with Gasteiger partial charge in [-0.15, -0.1) is 12.4 Å². The van der Waals surface area contributed by atoms with E-state index in [0.29, 0.717) is 38.0 Å². The molecule has 0 bridgehead atoms. The van der Waals surface area contributed by atoms with E-state index in [1.807, 2.05) is 7.05 Å². The first-order valence-corrected chi connectivity index (χ1v) is 7.63. The number of hydrogen-bond acceptors (Lipinski definition) is 3. The number of piperidine rings is 1. The van der Waals surface area contributed by atoms with Crippen molar-refractivity contribution in [1.82, 2.24) is 13.9 Å². The van der Waals surface area contributed by atoms with Gasteiger partial charge in [-0.1, -0.05) is 13.8 Å². The van der Waals surface area contributed by atoms with Crippen molar-refractivity contribution >= 4 is 22.6 Å². The Morgan fingerprint density at radius 1 is 1.28 bits per heavy atom. The maximum atomic E-state index is 12.3. The molecule has 5 nitrogen and oxygen atoms in total. The van der Waals surface area contributed by atoms with E-state index in [9.17, 15) is 8.42 Å². The number of nitrogens with zero attached hydrogens (tertiary/aromatic N) is 2. The van der Waals surface area contributed by atoms with Gasteiger partial charge in [0.05, 0.1) is 0 Å². The summed E-state index contributed by atoms with van der Waals surface area (Å²) in [5.74, 6) is 0.900. The summed E-state index contributed by atoms with van der Waals surface area (Å²) in [6, 6.07) is 0. The van der Waals surface area contributed by atoms with E-state index >= 15 is 0 Å². The van der Waals surface area contributed by atoms with Gasteiger partial charge in [0, 0.05) is 33.2 Å². The van der Waals surface area contributed by atoms with Crippen LogP contribution in [0.25, 0.3) is 0 Å². The van der Waals surface area contributed by atoms with Crippen LogP contribution >= 0.6 is 12.4 Å². The summed E-state index contributed by atoms with van der Waals surface area (Å²) in [6.45, 7) is 6.72. The summed E-state index contributed by atoms with van der Waals surface area (Å²) < 4.78 is 27.7. The molecule has 0 aliphatic carbocycles. The Kier molecular flexibility index (Phi) is 7.70. The van der Waals surface area contributed by atoms with E-state index in [1.165, 1.54) is 4.31 Å². The molecule has 0 amide bonds. The zero-order chi connectivity index (χ0) is 13.1. The highest BCUT2D eigenvalue weighted by molar-refractivity contribution is 7.86. The second-order valence-corrected chi connectivity index (χ2v) is 7.23. The SMILES string of the molecule is CNCCN(C)S(=O)(=O)N1CC(C)CC(C)C1.Cl. The van der Waals surface area contributed by atoms with E-state index in [0.717, 1.165) is 6.42 Å². The van der Waals surface area contributed by atoms with Crippen LogP contribution in [-0.2, 0) is 10.2 Å². The summed E-state index contributed by atoms with van der Waals surface area (Å²) in [4.78, 5) is 0. The number of halogens is 1. The summed E-state index contributed by atoms with van der Waals surface area (Å²) in [5.41, 5.74) is 0. The third-order valence-corrected chi connectivity index (χ3v) is 5.15. The minimum absolute atomic E-state index is 0. The number of rotatable bonds is 5. The van der Waals surface area contributed by atoms with Gasteiger partial charge in [-0.3, -0.25) is 0 Å². The fourth-order valence-electron chi connectivity index (χ4n) is 2.38. The molecule has 1 rings (SSSR count). The van der Waals surface area contributed by atoms with Crippen LogP contribution in [0.4, 0.5) is 0 Å². The highest BCUT2D eigenvalue weighted by Crippen LogP contribution is 2.24. The Bertz CT molecular complexity index is 327. The highest BCUT2D eigenvalue weighted by atomic mass is 35.5. The van der Waals surface area contributed by atoms with E-state index in [4.69, 9.17) is 0 Å². The molecule has 0 saturated carbocycles. The second-order valence-electron chi connectivity index (χ2n) is 5.20. The van der Waals surface area contributed by atoms with E-state index in [2.05, 4.69) is 19.2 Å². The van der Waals surface area contributed by atoms with Crippen LogP contribution in [0.5, 0.6) is 0 Å². The maximum absolute atomic E-state index is 12.3. The Morgan fingerprint density at radius 2 is 1.78 bits per heavy atom. The molecular weight excluding hydrogens is 274 g/mol. The molecule has 0 aromatic rings. The topological polar surface area (TPSA) is 52.7 Å². The highest BCUT2D eigenvalue weighted by Gasteiger charge is 2.32.